The monoisotopic (exact) mass is 170 g/mol. The maximum Gasteiger partial charge on any atom is 0.332 e. The summed E-state index contributed by atoms with van der Waals surface area (Å²) in [5.74, 6) is 0. The number of hydrazone groups is 1. The SMILES string of the molecule is CN1CCC(=NNC(N)=O)CC1. The number of carbonyl (C=O) groups excluding carboxylic acids is 1. The number of hydrogen-bond acceptors (Lipinski definition) is 3. The highest BCUT2D eigenvalue weighted by Crippen LogP contribution is 2.03. The Morgan fingerprint density at radius 2 is 2.17 bits per heavy atom. The molecule has 0 aromatic heterocycles. The van der Waals surface area contributed by atoms with Crippen LogP contribution in [0.5, 0.6) is 0 Å². The molecule has 1 saturated heterocycles. The van der Waals surface area contributed by atoms with Crippen LogP contribution in [0.3, 0.4) is 0 Å². The summed E-state index contributed by atoms with van der Waals surface area (Å²) in [5, 5.41) is 3.88. The van der Waals surface area contributed by atoms with Crippen molar-refractivity contribution in [1.29, 1.82) is 0 Å². The van der Waals surface area contributed by atoms with Gasteiger partial charge in [-0.25, -0.2) is 10.2 Å². The van der Waals surface area contributed by atoms with Crippen LogP contribution in [0.1, 0.15) is 12.8 Å². The third kappa shape index (κ3) is 2.87. The molecular weight excluding hydrogens is 156 g/mol. The second-order valence-electron chi connectivity index (χ2n) is 2.96. The minimum absolute atomic E-state index is 0.596. The van der Waals surface area contributed by atoms with Crippen LogP contribution in [-0.2, 0) is 0 Å². The van der Waals surface area contributed by atoms with E-state index in [-0.39, 0.29) is 0 Å². The van der Waals surface area contributed by atoms with Gasteiger partial charge in [0, 0.05) is 31.6 Å². The number of urea groups is 1. The van der Waals surface area contributed by atoms with Crippen molar-refractivity contribution >= 4 is 11.7 Å². The summed E-state index contributed by atoms with van der Waals surface area (Å²) in [6.45, 7) is 2.00. The molecule has 1 fully saturated rings. The minimum Gasteiger partial charge on any atom is -0.350 e. The molecule has 0 radical (unpaired) electrons. The van der Waals surface area contributed by atoms with Crippen molar-refractivity contribution < 1.29 is 4.79 Å². The molecule has 12 heavy (non-hydrogen) atoms. The Kier molecular flexibility index (Phi) is 3.04. The number of nitrogens with two attached hydrogens (primary N) is 1. The molecule has 3 N–H and O–H groups in total. The molecule has 0 aromatic rings. The van der Waals surface area contributed by atoms with E-state index in [4.69, 9.17) is 5.73 Å². The van der Waals surface area contributed by atoms with Crippen molar-refractivity contribution in [3.8, 4) is 0 Å². The van der Waals surface area contributed by atoms with E-state index in [2.05, 4.69) is 22.5 Å². The number of hydrogen-bond donors (Lipinski definition) is 2. The van der Waals surface area contributed by atoms with E-state index in [1.807, 2.05) is 0 Å². The molecule has 0 aliphatic carbocycles. The fourth-order valence-corrected chi connectivity index (χ4v) is 1.12. The highest BCUT2D eigenvalue weighted by molar-refractivity contribution is 5.86. The number of nitrogens with zero attached hydrogens (tertiary/aromatic N) is 2. The van der Waals surface area contributed by atoms with Crippen molar-refractivity contribution in [3.63, 3.8) is 0 Å². The number of primary amides is 1. The van der Waals surface area contributed by atoms with Gasteiger partial charge in [0.05, 0.1) is 0 Å². The molecule has 1 aliphatic rings. The fourth-order valence-electron chi connectivity index (χ4n) is 1.12. The first-order valence-corrected chi connectivity index (χ1v) is 3.98. The van der Waals surface area contributed by atoms with Crippen LogP contribution in [0.25, 0.3) is 0 Å². The highest BCUT2D eigenvalue weighted by Gasteiger charge is 2.10. The third-order valence-electron chi connectivity index (χ3n) is 1.89. The molecule has 1 heterocycles. The van der Waals surface area contributed by atoms with Gasteiger partial charge in [-0.1, -0.05) is 0 Å². The lowest BCUT2D eigenvalue weighted by molar-refractivity contribution is 0.249. The van der Waals surface area contributed by atoms with Gasteiger partial charge in [0.2, 0.25) is 0 Å². The molecule has 0 atom stereocenters. The van der Waals surface area contributed by atoms with Crippen molar-refractivity contribution in [3.05, 3.63) is 0 Å². The van der Waals surface area contributed by atoms with E-state index in [1.165, 1.54) is 0 Å². The maximum absolute atomic E-state index is 10.3. The van der Waals surface area contributed by atoms with Crippen LogP contribution >= 0.6 is 0 Å². The minimum atomic E-state index is -0.596. The van der Waals surface area contributed by atoms with Gasteiger partial charge < -0.3 is 10.6 Å². The maximum atomic E-state index is 10.3. The van der Waals surface area contributed by atoms with Crippen molar-refractivity contribution in [2.24, 2.45) is 10.8 Å². The molecule has 5 heteroatoms. The first kappa shape index (κ1) is 8.99. The van der Waals surface area contributed by atoms with Crippen molar-refractivity contribution in [2.75, 3.05) is 20.1 Å². The normalized spacial score (nSPS) is 18.9. The molecule has 1 rings (SSSR count). The van der Waals surface area contributed by atoms with Crippen LogP contribution in [-0.4, -0.2) is 36.8 Å². The summed E-state index contributed by atoms with van der Waals surface area (Å²) in [6, 6.07) is -0.596. The molecule has 1 aliphatic heterocycles. The van der Waals surface area contributed by atoms with Gasteiger partial charge in [-0.05, 0) is 7.05 Å². The van der Waals surface area contributed by atoms with Crippen LogP contribution < -0.4 is 11.2 Å². The number of piperidine rings is 1. The molecule has 0 saturated carbocycles. The van der Waals surface area contributed by atoms with Crippen LogP contribution in [0.4, 0.5) is 4.79 Å². The van der Waals surface area contributed by atoms with Gasteiger partial charge in [0.25, 0.3) is 0 Å². The molecule has 5 nitrogen and oxygen atoms in total. The molecule has 68 valence electrons. The third-order valence-corrected chi connectivity index (χ3v) is 1.89. The van der Waals surface area contributed by atoms with Gasteiger partial charge >= 0.3 is 6.03 Å². The summed E-state index contributed by atoms with van der Waals surface area (Å²) >= 11 is 0. The highest BCUT2D eigenvalue weighted by atomic mass is 16.2. The average molecular weight is 170 g/mol. The van der Waals surface area contributed by atoms with Gasteiger partial charge in [-0.15, -0.1) is 0 Å². The molecule has 0 bridgehead atoms. The zero-order chi connectivity index (χ0) is 8.97. The summed E-state index contributed by atoms with van der Waals surface area (Å²) in [7, 11) is 2.07. The summed E-state index contributed by atoms with van der Waals surface area (Å²) in [4.78, 5) is 12.5. The Morgan fingerprint density at radius 1 is 1.58 bits per heavy atom. The second kappa shape index (κ2) is 4.06. The average Bonchev–Trinajstić information content (AvgIpc) is 2.03. The first-order valence-electron chi connectivity index (χ1n) is 3.98. The number of amides is 2. The molecule has 0 aromatic carbocycles. The summed E-state index contributed by atoms with van der Waals surface area (Å²) < 4.78 is 0. The number of likely N-dealkylation sites (tertiary alicyclic amines) is 1. The van der Waals surface area contributed by atoms with Crippen LogP contribution in [0.15, 0.2) is 5.10 Å². The van der Waals surface area contributed by atoms with Crippen molar-refractivity contribution in [2.45, 2.75) is 12.8 Å². The zero-order valence-corrected chi connectivity index (χ0v) is 7.21. The van der Waals surface area contributed by atoms with E-state index < -0.39 is 6.03 Å². The van der Waals surface area contributed by atoms with Crippen LogP contribution in [0.2, 0.25) is 0 Å². The van der Waals surface area contributed by atoms with Gasteiger partial charge in [-0.3, -0.25) is 0 Å². The van der Waals surface area contributed by atoms with E-state index in [0.717, 1.165) is 31.6 Å². The molecule has 0 unspecified atom stereocenters. The topological polar surface area (TPSA) is 70.7 Å². The second-order valence-corrected chi connectivity index (χ2v) is 2.96. The number of rotatable bonds is 1. The van der Waals surface area contributed by atoms with Crippen LogP contribution in [0, 0.1) is 0 Å². The largest absolute Gasteiger partial charge is 0.350 e. The predicted octanol–water partition coefficient (Wildman–Crippen LogP) is -0.264. The van der Waals surface area contributed by atoms with E-state index in [9.17, 15) is 4.79 Å². The Hall–Kier alpha value is -1.10. The summed E-state index contributed by atoms with van der Waals surface area (Å²) in [5.41, 5.74) is 8.13. The predicted molar refractivity (Wildman–Crippen MR) is 46.9 cm³/mol. The van der Waals surface area contributed by atoms with E-state index in [0.29, 0.717) is 0 Å². The Labute approximate surface area is 71.6 Å². The number of nitrogens with one attached hydrogen (secondary N) is 1. The standard InChI is InChI=1S/C7H14N4O/c1-11-4-2-6(3-5-11)9-10-7(8)12/h2-5H2,1H3,(H3,8,10,12). The fraction of sp³-hybridized carbons (Fsp3) is 0.714. The van der Waals surface area contributed by atoms with Gasteiger partial charge in [0.15, 0.2) is 0 Å². The molecule has 2 amide bonds. The van der Waals surface area contributed by atoms with Crippen molar-refractivity contribution in [1.82, 2.24) is 10.3 Å². The summed E-state index contributed by atoms with van der Waals surface area (Å²) in [6.07, 6.45) is 1.83. The smallest absolute Gasteiger partial charge is 0.332 e. The lowest BCUT2D eigenvalue weighted by Crippen LogP contribution is -2.33. The lowest BCUT2D eigenvalue weighted by atomic mass is 10.1. The first-order chi connectivity index (χ1) is 5.68. The lowest BCUT2D eigenvalue weighted by Gasteiger charge is -2.22. The quantitative estimate of drug-likeness (QED) is 0.532. The van der Waals surface area contributed by atoms with E-state index >= 15 is 0 Å². The van der Waals surface area contributed by atoms with Gasteiger partial charge in [0.1, 0.15) is 0 Å². The Bertz CT molecular complexity index is 192. The Balaban J connectivity index is 2.33. The molecule has 0 spiro atoms. The molecular formula is C7H14N4O. The Morgan fingerprint density at radius 3 is 2.67 bits per heavy atom. The zero-order valence-electron chi connectivity index (χ0n) is 7.21. The number of carbonyl (C=O) groups is 1. The van der Waals surface area contributed by atoms with E-state index in [1.54, 1.807) is 0 Å². The van der Waals surface area contributed by atoms with Gasteiger partial charge in [-0.2, -0.15) is 5.10 Å².